The molecule has 1 aliphatic rings. The van der Waals surface area contributed by atoms with Crippen molar-refractivity contribution in [2.45, 2.75) is 13.0 Å². The van der Waals surface area contributed by atoms with Crippen molar-refractivity contribution in [3.05, 3.63) is 29.8 Å². The molecule has 5 nitrogen and oxygen atoms in total. The molecule has 1 fully saturated rings. The molecule has 1 N–H and O–H groups in total. The lowest BCUT2D eigenvalue weighted by Crippen LogP contribution is -2.46. The number of anilines is 1. The maximum absolute atomic E-state index is 12.0. The number of benzene rings is 1. The molecule has 1 atom stereocenters. The maximum Gasteiger partial charge on any atom is 0.242 e. The summed E-state index contributed by atoms with van der Waals surface area (Å²) in [5, 5.41) is 11.9. The molecule has 1 saturated heterocycles. The van der Waals surface area contributed by atoms with E-state index in [4.69, 9.17) is 10.00 Å². The summed E-state index contributed by atoms with van der Waals surface area (Å²) in [4.78, 5) is 13.8. The molecule has 1 heterocycles. The van der Waals surface area contributed by atoms with Gasteiger partial charge < -0.3 is 15.0 Å². The van der Waals surface area contributed by atoms with Gasteiger partial charge in [0.05, 0.1) is 30.9 Å². The van der Waals surface area contributed by atoms with Gasteiger partial charge in [-0.25, -0.2) is 0 Å². The molecule has 1 aliphatic heterocycles. The molecule has 0 aromatic heterocycles. The van der Waals surface area contributed by atoms with Gasteiger partial charge in [0.25, 0.3) is 0 Å². The van der Waals surface area contributed by atoms with Crippen LogP contribution in [0.1, 0.15) is 12.5 Å². The number of ether oxygens (including phenoxy) is 1. The number of morpholine rings is 1. The first kappa shape index (κ1) is 13.4. The van der Waals surface area contributed by atoms with Gasteiger partial charge in [0.15, 0.2) is 0 Å². The molecule has 0 bridgehead atoms. The van der Waals surface area contributed by atoms with Crippen molar-refractivity contribution in [2.24, 2.45) is 0 Å². The number of rotatable bonds is 3. The van der Waals surface area contributed by atoms with Crippen LogP contribution in [0.15, 0.2) is 24.3 Å². The van der Waals surface area contributed by atoms with E-state index in [1.165, 1.54) is 0 Å². The van der Waals surface area contributed by atoms with Gasteiger partial charge in [-0.2, -0.15) is 5.26 Å². The molecule has 5 heteroatoms. The van der Waals surface area contributed by atoms with Crippen molar-refractivity contribution in [3.8, 4) is 6.07 Å². The first-order valence-corrected chi connectivity index (χ1v) is 6.32. The molecule has 100 valence electrons. The zero-order valence-electron chi connectivity index (χ0n) is 10.9. The van der Waals surface area contributed by atoms with Crippen molar-refractivity contribution in [1.29, 1.82) is 5.26 Å². The zero-order chi connectivity index (χ0) is 13.7. The van der Waals surface area contributed by atoms with Gasteiger partial charge in [-0.3, -0.25) is 4.79 Å². The number of hydrogen-bond acceptors (Lipinski definition) is 4. The second-order valence-corrected chi connectivity index (χ2v) is 4.57. The van der Waals surface area contributed by atoms with Crippen LogP contribution in [0.3, 0.4) is 0 Å². The van der Waals surface area contributed by atoms with Crippen LogP contribution in [0.5, 0.6) is 0 Å². The van der Waals surface area contributed by atoms with Crippen LogP contribution in [0.2, 0.25) is 0 Å². The summed E-state index contributed by atoms with van der Waals surface area (Å²) in [5.74, 6) is 0.0533. The van der Waals surface area contributed by atoms with Crippen LogP contribution < -0.4 is 5.32 Å². The summed E-state index contributed by atoms with van der Waals surface area (Å²) in [6.07, 6.45) is 0.0969. The number of nitrogens with one attached hydrogen (secondary N) is 1. The molecular formula is C14H17N3O2. The Bertz CT molecular complexity index is 496. The van der Waals surface area contributed by atoms with Crippen molar-refractivity contribution < 1.29 is 9.53 Å². The van der Waals surface area contributed by atoms with E-state index >= 15 is 0 Å². The maximum atomic E-state index is 12.0. The van der Waals surface area contributed by atoms with Crippen molar-refractivity contribution in [1.82, 2.24) is 4.90 Å². The Labute approximate surface area is 112 Å². The van der Waals surface area contributed by atoms with Gasteiger partial charge in [-0.05, 0) is 25.1 Å². The quantitative estimate of drug-likeness (QED) is 0.886. The summed E-state index contributed by atoms with van der Waals surface area (Å²) in [7, 11) is 0. The first-order chi connectivity index (χ1) is 9.19. The molecule has 2 rings (SSSR count). The summed E-state index contributed by atoms with van der Waals surface area (Å²) < 4.78 is 5.40. The van der Waals surface area contributed by atoms with E-state index in [2.05, 4.69) is 11.4 Å². The van der Waals surface area contributed by atoms with Crippen LogP contribution in [-0.4, -0.2) is 43.2 Å². The van der Waals surface area contributed by atoms with E-state index in [0.717, 1.165) is 5.69 Å². The summed E-state index contributed by atoms with van der Waals surface area (Å²) in [5.41, 5.74) is 1.37. The minimum atomic E-state index is 0.0533. The molecule has 0 radical (unpaired) electrons. The fourth-order valence-electron chi connectivity index (χ4n) is 2.03. The summed E-state index contributed by atoms with van der Waals surface area (Å²) in [6.45, 7) is 4.07. The van der Waals surface area contributed by atoms with Gasteiger partial charge in [-0.1, -0.05) is 6.07 Å². The zero-order valence-corrected chi connectivity index (χ0v) is 10.9. The number of nitrogens with zero attached hydrogens (tertiary/aromatic N) is 2. The third kappa shape index (κ3) is 3.70. The Morgan fingerprint density at radius 3 is 3.21 bits per heavy atom. The van der Waals surface area contributed by atoms with E-state index in [0.29, 0.717) is 25.3 Å². The largest absolute Gasteiger partial charge is 0.376 e. The van der Waals surface area contributed by atoms with E-state index < -0.39 is 0 Å². The van der Waals surface area contributed by atoms with Crippen LogP contribution >= 0.6 is 0 Å². The van der Waals surface area contributed by atoms with Gasteiger partial charge >= 0.3 is 0 Å². The molecule has 1 unspecified atom stereocenters. The fourth-order valence-corrected chi connectivity index (χ4v) is 2.03. The third-order valence-corrected chi connectivity index (χ3v) is 3.03. The number of nitriles is 1. The standard InChI is InChI=1S/C14H17N3O2/c1-11-10-17(5-6-19-11)14(18)9-16-13-4-2-3-12(7-13)8-15/h2-4,7,11,16H,5-6,9-10H2,1H3. The Balaban J connectivity index is 1.87. The van der Waals surface area contributed by atoms with E-state index in [-0.39, 0.29) is 18.6 Å². The lowest BCUT2D eigenvalue weighted by Gasteiger charge is -2.31. The summed E-state index contributed by atoms with van der Waals surface area (Å²) in [6, 6.07) is 9.17. The monoisotopic (exact) mass is 259 g/mol. The van der Waals surface area contributed by atoms with E-state index in [1.54, 1.807) is 23.1 Å². The highest BCUT2D eigenvalue weighted by Gasteiger charge is 2.20. The van der Waals surface area contributed by atoms with Gasteiger partial charge in [0.1, 0.15) is 0 Å². The number of carbonyl (C=O) groups excluding carboxylic acids is 1. The highest BCUT2D eigenvalue weighted by atomic mass is 16.5. The Morgan fingerprint density at radius 1 is 1.63 bits per heavy atom. The van der Waals surface area contributed by atoms with E-state index in [9.17, 15) is 4.79 Å². The second kappa shape index (κ2) is 6.21. The second-order valence-electron chi connectivity index (χ2n) is 4.57. The van der Waals surface area contributed by atoms with Gasteiger partial charge in [0.2, 0.25) is 5.91 Å². The molecule has 0 spiro atoms. The minimum absolute atomic E-state index is 0.0533. The number of amides is 1. The van der Waals surface area contributed by atoms with Crippen LogP contribution in [-0.2, 0) is 9.53 Å². The highest BCUT2D eigenvalue weighted by Crippen LogP contribution is 2.10. The number of hydrogen-bond donors (Lipinski definition) is 1. The Kier molecular flexibility index (Phi) is 4.37. The highest BCUT2D eigenvalue weighted by molar-refractivity contribution is 5.81. The molecule has 1 aromatic rings. The lowest BCUT2D eigenvalue weighted by molar-refractivity contribution is -0.136. The molecule has 0 saturated carbocycles. The lowest BCUT2D eigenvalue weighted by atomic mass is 10.2. The average Bonchev–Trinajstić information content (AvgIpc) is 2.45. The van der Waals surface area contributed by atoms with Crippen molar-refractivity contribution in [3.63, 3.8) is 0 Å². The predicted octanol–water partition coefficient (Wildman–Crippen LogP) is 1.22. The Hall–Kier alpha value is -2.06. The van der Waals surface area contributed by atoms with Crippen LogP contribution in [0, 0.1) is 11.3 Å². The Morgan fingerprint density at radius 2 is 2.47 bits per heavy atom. The third-order valence-electron chi connectivity index (χ3n) is 3.03. The van der Waals surface area contributed by atoms with Crippen molar-refractivity contribution in [2.75, 3.05) is 31.6 Å². The molecule has 19 heavy (non-hydrogen) atoms. The fraction of sp³-hybridized carbons (Fsp3) is 0.429. The molecule has 1 aromatic carbocycles. The van der Waals surface area contributed by atoms with Crippen molar-refractivity contribution >= 4 is 11.6 Å². The smallest absolute Gasteiger partial charge is 0.242 e. The number of carbonyl (C=O) groups is 1. The SMILES string of the molecule is CC1CN(C(=O)CNc2cccc(C#N)c2)CCO1. The average molecular weight is 259 g/mol. The first-order valence-electron chi connectivity index (χ1n) is 6.32. The predicted molar refractivity (Wildman–Crippen MR) is 71.6 cm³/mol. The van der Waals surface area contributed by atoms with Crippen LogP contribution in [0.4, 0.5) is 5.69 Å². The van der Waals surface area contributed by atoms with Crippen LogP contribution in [0.25, 0.3) is 0 Å². The molecule has 1 amide bonds. The van der Waals surface area contributed by atoms with Gasteiger partial charge in [-0.15, -0.1) is 0 Å². The molecule has 0 aliphatic carbocycles. The minimum Gasteiger partial charge on any atom is -0.376 e. The normalized spacial score (nSPS) is 18.7. The van der Waals surface area contributed by atoms with E-state index in [1.807, 2.05) is 13.0 Å². The summed E-state index contributed by atoms with van der Waals surface area (Å²) >= 11 is 0. The van der Waals surface area contributed by atoms with Gasteiger partial charge in [0, 0.05) is 18.8 Å². The molecular weight excluding hydrogens is 242 g/mol. The topological polar surface area (TPSA) is 65.4 Å².